The van der Waals surface area contributed by atoms with Crippen LogP contribution in [0.4, 0.5) is 23.7 Å². The van der Waals surface area contributed by atoms with E-state index in [1.165, 1.54) is 18.5 Å². The van der Waals surface area contributed by atoms with Crippen LogP contribution in [0, 0.1) is 6.92 Å². The molecule has 1 N–H and O–H groups in total. The van der Waals surface area contributed by atoms with Gasteiger partial charge < -0.3 is 4.74 Å². The van der Waals surface area contributed by atoms with Crippen molar-refractivity contribution in [3.63, 3.8) is 0 Å². The van der Waals surface area contributed by atoms with E-state index in [1.807, 2.05) is 0 Å². The lowest BCUT2D eigenvalue weighted by Crippen LogP contribution is -2.28. The van der Waals surface area contributed by atoms with Crippen molar-refractivity contribution >= 4 is 11.8 Å². The van der Waals surface area contributed by atoms with E-state index >= 15 is 0 Å². The Morgan fingerprint density at radius 3 is 2.42 bits per heavy atom. The third-order valence-corrected chi connectivity index (χ3v) is 2.78. The van der Waals surface area contributed by atoms with Gasteiger partial charge in [-0.3, -0.25) is 10.3 Å². The molecule has 0 spiro atoms. The molecule has 0 aromatic carbocycles. The fraction of sp³-hybridized carbons (Fsp3) is 0.400. The first-order valence-corrected chi connectivity index (χ1v) is 7.04. The minimum absolute atomic E-state index is 0.138. The summed E-state index contributed by atoms with van der Waals surface area (Å²) in [6.45, 7) is 6.53. The number of pyridine rings is 1. The number of rotatable bonds is 2. The maximum absolute atomic E-state index is 13.4. The summed E-state index contributed by atoms with van der Waals surface area (Å²) in [5.41, 5.74) is -1.62. The van der Waals surface area contributed by atoms with Crippen molar-refractivity contribution in [2.45, 2.75) is 39.5 Å². The Morgan fingerprint density at radius 2 is 1.88 bits per heavy atom. The molecule has 2 rings (SSSR count). The van der Waals surface area contributed by atoms with Gasteiger partial charge in [-0.15, -0.1) is 0 Å². The number of hydrogen-bond acceptors (Lipinski definition) is 4. The van der Waals surface area contributed by atoms with Crippen molar-refractivity contribution in [3.05, 3.63) is 35.9 Å². The van der Waals surface area contributed by atoms with E-state index in [1.54, 1.807) is 27.7 Å². The standard InChI is InChI=1S/C15H17F3N4O2/c1-9-5-10(7-19-6-9)22-12(15(16,17)18)11(8-20-22)21-13(23)24-14(2,3)4/h5-8H,1-4H3,(H,21,23). The van der Waals surface area contributed by atoms with Crippen LogP contribution in [0.5, 0.6) is 0 Å². The van der Waals surface area contributed by atoms with Gasteiger partial charge in [-0.1, -0.05) is 0 Å². The lowest BCUT2D eigenvalue weighted by molar-refractivity contribution is -0.142. The smallest absolute Gasteiger partial charge is 0.435 e. The Labute approximate surface area is 136 Å². The van der Waals surface area contributed by atoms with E-state index in [0.29, 0.717) is 10.2 Å². The summed E-state index contributed by atoms with van der Waals surface area (Å²) in [7, 11) is 0. The van der Waals surface area contributed by atoms with Gasteiger partial charge in [0.2, 0.25) is 0 Å². The predicted molar refractivity (Wildman–Crippen MR) is 81.0 cm³/mol. The van der Waals surface area contributed by atoms with Gasteiger partial charge >= 0.3 is 12.3 Å². The van der Waals surface area contributed by atoms with Gasteiger partial charge in [-0.05, 0) is 39.3 Å². The molecule has 2 aromatic rings. The first-order valence-electron chi connectivity index (χ1n) is 7.04. The summed E-state index contributed by atoms with van der Waals surface area (Å²) in [5.74, 6) is 0. The van der Waals surface area contributed by atoms with Crippen LogP contribution in [0.2, 0.25) is 0 Å². The van der Waals surface area contributed by atoms with Gasteiger partial charge in [0.15, 0.2) is 5.69 Å². The molecule has 6 nitrogen and oxygen atoms in total. The summed E-state index contributed by atoms with van der Waals surface area (Å²) in [6.07, 6.45) is -2.03. The lowest BCUT2D eigenvalue weighted by Gasteiger charge is -2.20. The van der Waals surface area contributed by atoms with E-state index in [9.17, 15) is 18.0 Å². The Morgan fingerprint density at radius 1 is 1.21 bits per heavy atom. The highest BCUT2D eigenvalue weighted by Gasteiger charge is 2.39. The van der Waals surface area contributed by atoms with Crippen LogP contribution in [0.25, 0.3) is 5.69 Å². The van der Waals surface area contributed by atoms with Crippen molar-refractivity contribution in [2.75, 3.05) is 5.32 Å². The molecule has 0 saturated heterocycles. The summed E-state index contributed by atoms with van der Waals surface area (Å²) in [4.78, 5) is 15.6. The molecule has 130 valence electrons. The average molecular weight is 342 g/mol. The van der Waals surface area contributed by atoms with Crippen LogP contribution < -0.4 is 5.32 Å². The number of ether oxygens (including phenoxy) is 1. The molecule has 0 saturated carbocycles. The summed E-state index contributed by atoms with van der Waals surface area (Å²) < 4.78 is 46.0. The number of halogens is 3. The molecule has 0 aliphatic carbocycles. The number of amides is 1. The van der Waals surface area contributed by atoms with Crippen molar-refractivity contribution in [2.24, 2.45) is 0 Å². The number of carbonyl (C=O) groups is 1. The zero-order chi connectivity index (χ0) is 18.1. The molecule has 1 amide bonds. The SMILES string of the molecule is Cc1cncc(-n2ncc(NC(=O)OC(C)(C)C)c2C(F)(F)F)c1. The highest BCUT2D eigenvalue weighted by molar-refractivity contribution is 5.85. The number of nitrogens with one attached hydrogen (secondary N) is 1. The highest BCUT2D eigenvalue weighted by Crippen LogP contribution is 2.36. The number of carbonyl (C=O) groups excluding carboxylic acids is 1. The first-order chi connectivity index (χ1) is 11.0. The van der Waals surface area contributed by atoms with Gasteiger partial charge in [-0.2, -0.15) is 18.3 Å². The topological polar surface area (TPSA) is 69.0 Å². The molecule has 2 aromatic heterocycles. The van der Waals surface area contributed by atoms with E-state index in [-0.39, 0.29) is 5.69 Å². The number of aryl methyl sites for hydroxylation is 1. The molecule has 0 atom stereocenters. The van der Waals surface area contributed by atoms with Crippen LogP contribution in [-0.4, -0.2) is 26.5 Å². The molecular formula is C15H17F3N4O2. The molecule has 2 heterocycles. The van der Waals surface area contributed by atoms with E-state index in [0.717, 1.165) is 6.20 Å². The normalized spacial score (nSPS) is 12.1. The second kappa shape index (κ2) is 6.14. The average Bonchev–Trinajstić information content (AvgIpc) is 2.79. The number of anilines is 1. The second-order valence-electron chi connectivity index (χ2n) is 6.16. The third-order valence-electron chi connectivity index (χ3n) is 2.78. The number of aromatic nitrogens is 3. The fourth-order valence-electron chi connectivity index (χ4n) is 1.98. The summed E-state index contributed by atoms with van der Waals surface area (Å²) in [6, 6.07) is 1.51. The van der Waals surface area contributed by atoms with Gasteiger partial charge in [0.25, 0.3) is 0 Å². The Hall–Kier alpha value is -2.58. The van der Waals surface area contributed by atoms with Gasteiger partial charge in [0.05, 0.1) is 23.8 Å². The van der Waals surface area contributed by atoms with Crippen LogP contribution >= 0.6 is 0 Å². The molecule has 9 heteroatoms. The minimum atomic E-state index is -4.73. The highest BCUT2D eigenvalue weighted by atomic mass is 19.4. The van der Waals surface area contributed by atoms with E-state index < -0.39 is 29.3 Å². The Bertz CT molecular complexity index is 748. The van der Waals surface area contributed by atoms with Crippen LogP contribution in [0.3, 0.4) is 0 Å². The zero-order valence-corrected chi connectivity index (χ0v) is 13.6. The van der Waals surface area contributed by atoms with Crippen LogP contribution in [-0.2, 0) is 10.9 Å². The van der Waals surface area contributed by atoms with Crippen LogP contribution in [0.15, 0.2) is 24.7 Å². The van der Waals surface area contributed by atoms with Crippen molar-refractivity contribution in [3.8, 4) is 5.69 Å². The number of nitrogens with zero attached hydrogens (tertiary/aromatic N) is 3. The molecule has 0 fully saturated rings. The van der Waals surface area contributed by atoms with Crippen molar-refractivity contribution in [1.29, 1.82) is 0 Å². The fourth-order valence-corrected chi connectivity index (χ4v) is 1.98. The molecule has 0 aliphatic rings. The molecule has 0 aliphatic heterocycles. The quantitative estimate of drug-likeness (QED) is 0.897. The molecule has 24 heavy (non-hydrogen) atoms. The molecule has 0 radical (unpaired) electrons. The predicted octanol–water partition coefficient (Wildman–Crippen LogP) is 3.94. The van der Waals surface area contributed by atoms with E-state index in [2.05, 4.69) is 15.4 Å². The van der Waals surface area contributed by atoms with Crippen molar-refractivity contribution < 1.29 is 22.7 Å². The molecule has 0 unspecified atom stereocenters. The minimum Gasteiger partial charge on any atom is -0.444 e. The maximum atomic E-state index is 13.4. The number of alkyl halides is 3. The monoisotopic (exact) mass is 342 g/mol. The maximum Gasteiger partial charge on any atom is 0.435 e. The molecule has 0 bridgehead atoms. The second-order valence-corrected chi connectivity index (χ2v) is 6.16. The zero-order valence-electron chi connectivity index (χ0n) is 13.6. The van der Waals surface area contributed by atoms with Crippen LogP contribution in [0.1, 0.15) is 32.0 Å². The number of hydrogen-bond donors (Lipinski definition) is 1. The first kappa shape index (κ1) is 17.8. The Kier molecular flexibility index (Phi) is 4.54. The van der Waals surface area contributed by atoms with Crippen molar-refractivity contribution in [1.82, 2.24) is 14.8 Å². The van der Waals surface area contributed by atoms with Gasteiger partial charge in [0, 0.05) is 6.20 Å². The van der Waals surface area contributed by atoms with Gasteiger partial charge in [-0.25, -0.2) is 9.48 Å². The molecular weight excluding hydrogens is 325 g/mol. The van der Waals surface area contributed by atoms with E-state index in [4.69, 9.17) is 4.74 Å². The summed E-state index contributed by atoms with van der Waals surface area (Å²) >= 11 is 0. The Balaban J connectivity index is 2.42. The summed E-state index contributed by atoms with van der Waals surface area (Å²) in [5, 5.41) is 5.82. The van der Waals surface area contributed by atoms with Gasteiger partial charge in [0.1, 0.15) is 5.60 Å². The third kappa shape index (κ3) is 4.24. The largest absolute Gasteiger partial charge is 0.444 e. The lowest BCUT2D eigenvalue weighted by atomic mass is 10.2.